The van der Waals surface area contributed by atoms with E-state index in [4.69, 9.17) is 5.73 Å². The van der Waals surface area contributed by atoms with E-state index in [2.05, 4.69) is 5.32 Å². The number of hydrogen-bond acceptors (Lipinski definition) is 5. The number of nitrogens with zero attached hydrogens (tertiary/aromatic N) is 2. The first-order chi connectivity index (χ1) is 14.8. The third-order valence-electron chi connectivity index (χ3n) is 5.82. The summed E-state index contributed by atoms with van der Waals surface area (Å²) in [5.41, 5.74) is 6.57. The summed E-state index contributed by atoms with van der Waals surface area (Å²) in [5, 5.41) is 12.9. The number of benzene rings is 1. The van der Waals surface area contributed by atoms with Gasteiger partial charge in [-0.1, -0.05) is 26.8 Å². The Morgan fingerprint density at radius 1 is 1.16 bits per heavy atom. The summed E-state index contributed by atoms with van der Waals surface area (Å²) in [6.07, 6.45) is 2.06. The molecule has 1 aliphatic rings. The number of piperidine rings is 1. The van der Waals surface area contributed by atoms with Crippen molar-refractivity contribution in [2.24, 2.45) is 18.7 Å². The number of rotatable bonds is 5. The number of phenolic OH excluding ortho intramolecular Hbond substituents is 1. The Hall–Kier alpha value is -2.85. The highest BCUT2D eigenvalue weighted by molar-refractivity contribution is 7.89. The zero-order valence-electron chi connectivity index (χ0n) is 18.8. The van der Waals surface area contributed by atoms with Crippen molar-refractivity contribution in [2.45, 2.75) is 43.9 Å². The van der Waals surface area contributed by atoms with E-state index in [1.54, 1.807) is 19.2 Å². The number of aromatic hydroxyl groups is 1. The van der Waals surface area contributed by atoms with Crippen LogP contribution in [-0.2, 0) is 27.3 Å². The molecule has 1 saturated heterocycles. The van der Waals surface area contributed by atoms with Gasteiger partial charge in [0.25, 0.3) is 5.91 Å². The first-order valence-corrected chi connectivity index (χ1v) is 11.9. The molecule has 0 atom stereocenters. The van der Waals surface area contributed by atoms with Crippen LogP contribution in [0.15, 0.2) is 35.4 Å². The van der Waals surface area contributed by atoms with Crippen molar-refractivity contribution in [3.05, 3.63) is 41.7 Å². The topological polar surface area (TPSA) is 135 Å². The highest BCUT2D eigenvalue weighted by atomic mass is 32.2. The average Bonchev–Trinajstić information content (AvgIpc) is 3.11. The van der Waals surface area contributed by atoms with Gasteiger partial charge in [0.1, 0.15) is 16.3 Å². The molecule has 4 N–H and O–H groups in total. The number of nitrogens with two attached hydrogens (primary N) is 1. The minimum absolute atomic E-state index is 0.000573. The third-order valence-corrected chi connectivity index (χ3v) is 7.68. The monoisotopic (exact) mass is 462 g/mol. The lowest BCUT2D eigenvalue weighted by Crippen LogP contribution is -2.41. The van der Waals surface area contributed by atoms with Crippen LogP contribution in [0.2, 0.25) is 0 Å². The van der Waals surface area contributed by atoms with Gasteiger partial charge in [-0.25, -0.2) is 8.42 Å². The molecule has 0 aliphatic carbocycles. The Morgan fingerprint density at radius 3 is 2.31 bits per heavy atom. The molecule has 0 bridgehead atoms. The first-order valence-electron chi connectivity index (χ1n) is 10.4. The predicted molar refractivity (Wildman–Crippen MR) is 121 cm³/mol. The number of aryl methyl sites for hydroxylation is 1. The number of sulfonamides is 1. The van der Waals surface area contributed by atoms with Gasteiger partial charge < -0.3 is 20.7 Å². The fourth-order valence-corrected chi connectivity index (χ4v) is 5.31. The number of nitrogens with one attached hydrogen (secondary N) is 1. The van der Waals surface area contributed by atoms with Gasteiger partial charge in [-0.15, -0.1) is 0 Å². The number of phenols is 1. The van der Waals surface area contributed by atoms with E-state index < -0.39 is 15.9 Å². The number of primary amides is 1. The Bertz CT molecular complexity index is 1140. The Morgan fingerprint density at radius 2 is 1.78 bits per heavy atom. The minimum Gasteiger partial charge on any atom is -0.506 e. The maximum absolute atomic E-state index is 12.9. The molecule has 1 aromatic carbocycles. The SMILES string of the molecule is Cn1cc(S(=O)(=O)N2CCC(C(=O)Nc3cc(C(C)(C)C)ccc3O)CC2)cc1C(N)=O. The zero-order valence-corrected chi connectivity index (χ0v) is 19.6. The number of carbonyl (C=O) groups excluding carboxylic acids is 2. The van der Waals surface area contributed by atoms with Gasteiger partial charge in [0.05, 0.1) is 5.69 Å². The summed E-state index contributed by atoms with van der Waals surface area (Å²) in [7, 11) is -2.25. The third kappa shape index (κ3) is 4.81. The Balaban J connectivity index is 1.67. The van der Waals surface area contributed by atoms with Crippen molar-refractivity contribution in [3.8, 4) is 5.75 Å². The number of hydrogen-bond donors (Lipinski definition) is 3. The fourth-order valence-electron chi connectivity index (χ4n) is 3.77. The van der Waals surface area contributed by atoms with Crippen molar-refractivity contribution < 1.29 is 23.1 Å². The summed E-state index contributed by atoms with van der Waals surface area (Å²) in [4.78, 5) is 24.2. The van der Waals surface area contributed by atoms with E-state index in [0.717, 1.165) is 5.56 Å². The van der Waals surface area contributed by atoms with Crippen molar-refractivity contribution >= 4 is 27.5 Å². The van der Waals surface area contributed by atoms with Crippen molar-refractivity contribution in [1.82, 2.24) is 8.87 Å². The molecule has 1 aromatic heterocycles. The second-order valence-electron chi connectivity index (χ2n) is 9.19. The summed E-state index contributed by atoms with van der Waals surface area (Å²) in [5.74, 6) is -1.35. The lowest BCUT2D eigenvalue weighted by atomic mass is 9.86. The number of anilines is 1. The lowest BCUT2D eigenvalue weighted by Gasteiger charge is -2.30. The van der Waals surface area contributed by atoms with Crippen LogP contribution in [-0.4, -0.2) is 47.3 Å². The molecule has 0 spiro atoms. The van der Waals surface area contributed by atoms with Crippen LogP contribution in [0.4, 0.5) is 5.69 Å². The highest BCUT2D eigenvalue weighted by Crippen LogP contribution is 2.32. The van der Waals surface area contributed by atoms with Crippen LogP contribution in [0, 0.1) is 5.92 Å². The normalized spacial score (nSPS) is 16.1. The van der Waals surface area contributed by atoms with Crippen molar-refractivity contribution in [2.75, 3.05) is 18.4 Å². The molecule has 174 valence electrons. The van der Waals surface area contributed by atoms with E-state index >= 15 is 0 Å². The summed E-state index contributed by atoms with van der Waals surface area (Å²) < 4.78 is 28.6. The molecular formula is C22H30N4O5S. The fraction of sp³-hybridized carbons (Fsp3) is 0.455. The van der Waals surface area contributed by atoms with E-state index in [9.17, 15) is 23.1 Å². The molecular weight excluding hydrogens is 432 g/mol. The van der Waals surface area contributed by atoms with Gasteiger partial charge in [-0.3, -0.25) is 9.59 Å². The number of aromatic nitrogens is 1. The average molecular weight is 463 g/mol. The Kier molecular flexibility index (Phi) is 6.39. The molecule has 2 amide bonds. The summed E-state index contributed by atoms with van der Waals surface area (Å²) in [6, 6.07) is 6.41. The molecule has 1 fully saturated rings. The Labute approximate surface area is 188 Å². The van der Waals surface area contributed by atoms with E-state index in [0.29, 0.717) is 18.5 Å². The predicted octanol–water partition coefficient (Wildman–Crippen LogP) is 2.17. The van der Waals surface area contributed by atoms with Gasteiger partial charge in [0, 0.05) is 32.3 Å². The molecule has 0 unspecified atom stereocenters. The van der Waals surface area contributed by atoms with Crippen LogP contribution in [0.25, 0.3) is 0 Å². The molecule has 2 aromatic rings. The largest absolute Gasteiger partial charge is 0.506 e. The standard InChI is InChI=1S/C22H30N4O5S/c1-22(2,3)15-5-6-19(27)17(11-15)24-21(29)14-7-9-26(10-8-14)32(30,31)16-12-18(20(23)28)25(4)13-16/h5-6,11-14,27H,7-10H2,1-4H3,(H2,23,28)(H,24,29). The lowest BCUT2D eigenvalue weighted by molar-refractivity contribution is -0.120. The molecule has 10 heteroatoms. The second-order valence-corrected chi connectivity index (χ2v) is 11.1. The van der Waals surface area contributed by atoms with Crippen LogP contribution >= 0.6 is 0 Å². The molecule has 3 rings (SSSR count). The van der Waals surface area contributed by atoms with Gasteiger partial charge >= 0.3 is 0 Å². The molecule has 0 saturated carbocycles. The summed E-state index contributed by atoms with van der Waals surface area (Å²) >= 11 is 0. The van der Waals surface area contributed by atoms with Crippen LogP contribution < -0.4 is 11.1 Å². The van der Waals surface area contributed by atoms with Gasteiger partial charge in [-0.05, 0) is 42.0 Å². The van der Waals surface area contributed by atoms with Crippen LogP contribution in [0.5, 0.6) is 5.75 Å². The van der Waals surface area contributed by atoms with Crippen LogP contribution in [0.3, 0.4) is 0 Å². The number of amides is 2. The van der Waals surface area contributed by atoms with Crippen molar-refractivity contribution in [1.29, 1.82) is 0 Å². The minimum atomic E-state index is -3.80. The molecule has 0 radical (unpaired) electrons. The molecule has 2 heterocycles. The molecule has 32 heavy (non-hydrogen) atoms. The van der Waals surface area contributed by atoms with Crippen LogP contribution in [0.1, 0.15) is 49.7 Å². The molecule has 1 aliphatic heterocycles. The maximum Gasteiger partial charge on any atom is 0.265 e. The highest BCUT2D eigenvalue weighted by Gasteiger charge is 2.33. The van der Waals surface area contributed by atoms with Gasteiger partial charge in [-0.2, -0.15) is 4.31 Å². The summed E-state index contributed by atoms with van der Waals surface area (Å²) in [6.45, 7) is 6.48. The maximum atomic E-state index is 12.9. The molecule has 9 nitrogen and oxygen atoms in total. The number of carbonyl (C=O) groups is 2. The quantitative estimate of drug-likeness (QED) is 0.585. The smallest absolute Gasteiger partial charge is 0.265 e. The van der Waals surface area contributed by atoms with Gasteiger partial charge in [0.2, 0.25) is 15.9 Å². The van der Waals surface area contributed by atoms with Crippen molar-refractivity contribution in [3.63, 3.8) is 0 Å². The van der Waals surface area contributed by atoms with Gasteiger partial charge in [0.15, 0.2) is 0 Å². The van der Waals surface area contributed by atoms with E-state index in [1.165, 1.54) is 21.1 Å². The zero-order chi connectivity index (χ0) is 23.8. The first kappa shape index (κ1) is 23.8. The van der Waals surface area contributed by atoms with E-state index in [1.807, 2.05) is 26.8 Å². The van der Waals surface area contributed by atoms with E-state index in [-0.39, 0.29) is 46.7 Å². The second kappa shape index (κ2) is 8.59.